The molecule has 53 heavy (non-hydrogen) atoms. The molecule has 4 aromatic rings. The Hall–Kier alpha value is -5.21. The van der Waals surface area contributed by atoms with Crippen LogP contribution in [0, 0.1) is 5.92 Å². The van der Waals surface area contributed by atoms with E-state index < -0.39 is 24.3 Å². The Bertz CT molecular complexity index is 1860. The van der Waals surface area contributed by atoms with Gasteiger partial charge in [0, 0.05) is 20.2 Å². The molecule has 14 nitrogen and oxygen atoms in total. The monoisotopic (exact) mass is 726 g/mol. The second kappa shape index (κ2) is 16.6. The number of carbonyl (C=O) groups excluding carboxylic acids is 3. The van der Waals surface area contributed by atoms with E-state index in [0.29, 0.717) is 12.4 Å². The predicted octanol–water partition coefficient (Wildman–Crippen LogP) is 6.03. The van der Waals surface area contributed by atoms with Gasteiger partial charge >= 0.3 is 12.2 Å². The van der Waals surface area contributed by atoms with Gasteiger partial charge < -0.3 is 39.7 Å². The van der Waals surface area contributed by atoms with Gasteiger partial charge in [-0.15, -0.1) is 0 Å². The molecule has 2 saturated heterocycles. The zero-order chi connectivity index (χ0) is 37.6. The summed E-state index contributed by atoms with van der Waals surface area (Å²) in [6, 6.07) is 15.6. The van der Waals surface area contributed by atoms with Crippen molar-refractivity contribution in [1.29, 1.82) is 0 Å². The van der Waals surface area contributed by atoms with Crippen LogP contribution in [0.4, 0.5) is 9.59 Å². The van der Waals surface area contributed by atoms with Crippen molar-refractivity contribution in [3.8, 4) is 33.6 Å². The van der Waals surface area contributed by atoms with Crippen LogP contribution < -0.4 is 10.6 Å². The highest BCUT2D eigenvalue weighted by Crippen LogP contribution is 2.36. The number of H-pyrrole nitrogens is 2. The molecule has 2 aliphatic heterocycles. The number of alkyl carbamates (subject to hydrolysis) is 2. The Balaban J connectivity index is 1.11. The Morgan fingerprint density at radius 3 is 1.74 bits per heavy atom. The molecule has 2 fully saturated rings. The summed E-state index contributed by atoms with van der Waals surface area (Å²) >= 11 is 0. The lowest BCUT2D eigenvalue weighted by Crippen LogP contribution is -2.54. The minimum Gasteiger partial charge on any atom is -0.453 e. The molecule has 3 amide bonds. The van der Waals surface area contributed by atoms with Crippen molar-refractivity contribution in [2.45, 2.75) is 76.8 Å². The molecule has 14 heteroatoms. The first kappa shape index (κ1) is 37.5. The average molecular weight is 727 g/mol. The van der Waals surface area contributed by atoms with Crippen LogP contribution in [-0.2, 0) is 19.0 Å². The largest absolute Gasteiger partial charge is 0.453 e. The van der Waals surface area contributed by atoms with E-state index in [1.807, 2.05) is 6.20 Å². The fourth-order valence-corrected chi connectivity index (χ4v) is 7.41. The van der Waals surface area contributed by atoms with Gasteiger partial charge in [-0.1, -0.05) is 62.4 Å². The van der Waals surface area contributed by atoms with Crippen molar-refractivity contribution < 1.29 is 28.6 Å². The number of nitrogens with one attached hydrogen (secondary N) is 4. The fourth-order valence-electron chi connectivity index (χ4n) is 7.41. The Kier molecular flexibility index (Phi) is 11.8. The van der Waals surface area contributed by atoms with Crippen LogP contribution in [-0.4, -0.2) is 101 Å². The Morgan fingerprint density at radius 2 is 1.21 bits per heavy atom. The van der Waals surface area contributed by atoms with E-state index in [-0.39, 0.29) is 30.1 Å². The van der Waals surface area contributed by atoms with Crippen LogP contribution in [0.2, 0.25) is 0 Å². The molecular weight excluding hydrogens is 676 g/mol. The van der Waals surface area contributed by atoms with Gasteiger partial charge in [-0.3, -0.25) is 9.69 Å². The van der Waals surface area contributed by atoms with E-state index in [2.05, 4.69) is 92.9 Å². The number of benzene rings is 2. The number of imidazole rings is 2. The van der Waals surface area contributed by atoms with Crippen molar-refractivity contribution in [2.75, 3.05) is 34.4 Å². The van der Waals surface area contributed by atoms with E-state index >= 15 is 0 Å². The van der Waals surface area contributed by atoms with Gasteiger partial charge in [-0.2, -0.15) is 0 Å². The molecule has 2 aromatic heterocycles. The van der Waals surface area contributed by atoms with Crippen LogP contribution in [0.5, 0.6) is 0 Å². The standard InChI is InChI=1S/C39H50N8O6/c1-23(2)36(45-39(50)53-6)46-19-7-9-31(46)34-40-21-29(42-34)27-15-11-25(12-16-27)26-13-17-28(18-14-26)30-22-41-35(43-30)32-10-8-20-47(32)37(48)33(24(3)51-4)44-38(49)52-5/h11-18,21-24,31-33,36H,7-10,19-20H2,1-6H3,(H,40,42)(H,41,43)(H,44,49)(H,45,50)/t24-,31+,32+,33+,36+/m1/s1. The maximum absolute atomic E-state index is 13.6. The third-order valence-electron chi connectivity index (χ3n) is 10.4. The van der Waals surface area contributed by atoms with Gasteiger partial charge in [0.25, 0.3) is 0 Å². The lowest BCUT2D eigenvalue weighted by molar-refractivity contribution is -0.137. The van der Waals surface area contributed by atoms with E-state index in [4.69, 9.17) is 19.2 Å². The van der Waals surface area contributed by atoms with E-state index in [1.165, 1.54) is 21.3 Å². The van der Waals surface area contributed by atoms with Gasteiger partial charge in [0.2, 0.25) is 5.91 Å². The molecule has 0 aliphatic carbocycles. The number of methoxy groups -OCH3 is 3. The maximum Gasteiger partial charge on any atom is 0.408 e. The van der Waals surface area contributed by atoms with Crippen LogP contribution in [0.15, 0.2) is 60.9 Å². The van der Waals surface area contributed by atoms with Crippen molar-refractivity contribution in [3.63, 3.8) is 0 Å². The predicted molar refractivity (Wildman–Crippen MR) is 199 cm³/mol. The van der Waals surface area contributed by atoms with Gasteiger partial charge in [0.1, 0.15) is 17.7 Å². The maximum atomic E-state index is 13.6. The fraction of sp³-hybridized carbons (Fsp3) is 0.462. The van der Waals surface area contributed by atoms with Crippen molar-refractivity contribution in [2.24, 2.45) is 5.92 Å². The van der Waals surface area contributed by atoms with Gasteiger partial charge in [0.05, 0.1) is 62.4 Å². The number of aromatic amines is 2. The Morgan fingerprint density at radius 1 is 0.717 bits per heavy atom. The zero-order valence-corrected chi connectivity index (χ0v) is 31.2. The van der Waals surface area contributed by atoms with Crippen LogP contribution >= 0.6 is 0 Å². The first-order valence-electron chi connectivity index (χ1n) is 18.2. The zero-order valence-electron chi connectivity index (χ0n) is 31.2. The van der Waals surface area contributed by atoms with Crippen LogP contribution in [0.25, 0.3) is 33.6 Å². The van der Waals surface area contributed by atoms with Crippen molar-refractivity contribution >= 4 is 18.1 Å². The molecule has 0 saturated carbocycles. The third-order valence-corrected chi connectivity index (χ3v) is 10.4. The summed E-state index contributed by atoms with van der Waals surface area (Å²) in [7, 11) is 4.15. The number of hydrogen-bond donors (Lipinski definition) is 4. The number of amides is 3. The topological polar surface area (TPSA) is 167 Å². The molecule has 0 unspecified atom stereocenters. The number of aromatic nitrogens is 4. The molecule has 0 spiro atoms. The molecule has 2 aliphatic rings. The quantitative estimate of drug-likeness (QED) is 0.136. The molecule has 4 N–H and O–H groups in total. The molecule has 282 valence electrons. The van der Waals surface area contributed by atoms with Gasteiger partial charge in [0.15, 0.2) is 0 Å². The smallest absolute Gasteiger partial charge is 0.408 e. The van der Waals surface area contributed by atoms with E-state index in [9.17, 15) is 14.4 Å². The number of likely N-dealkylation sites (tertiary alicyclic amines) is 2. The number of nitrogens with zero attached hydrogens (tertiary/aromatic N) is 4. The SMILES string of the molecule is COC(=O)N[C@H](C(=O)N1CCC[C@H]1c1ncc(-c2ccc(-c3ccc(-c4cnc([C@@H]5CCCN5[C@H](NC(=O)OC)C(C)C)[nH]4)cc3)cc2)[nH]1)[C@@H](C)OC. The minimum atomic E-state index is -0.884. The number of carbonyl (C=O) groups is 3. The Labute approximate surface area is 310 Å². The summed E-state index contributed by atoms with van der Waals surface area (Å²) in [4.78, 5) is 58.1. The van der Waals surface area contributed by atoms with Crippen LogP contribution in [0.1, 0.15) is 70.2 Å². The summed E-state index contributed by atoms with van der Waals surface area (Å²) in [6.45, 7) is 7.35. The molecule has 0 bridgehead atoms. The molecule has 0 radical (unpaired) electrons. The van der Waals surface area contributed by atoms with Gasteiger partial charge in [-0.05, 0) is 60.8 Å². The van der Waals surface area contributed by atoms with Gasteiger partial charge in [-0.25, -0.2) is 19.6 Å². The van der Waals surface area contributed by atoms with Crippen LogP contribution in [0.3, 0.4) is 0 Å². The summed E-state index contributed by atoms with van der Waals surface area (Å²) in [6.07, 6.45) is 5.42. The highest BCUT2D eigenvalue weighted by Gasteiger charge is 2.39. The molecule has 2 aromatic carbocycles. The molecular formula is C39H50N8O6. The molecule has 6 rings (SSSR count). The normalized spacial score (nSPS) is 19.2. The third kappa shape index (κ3) is 8.23. The lowest BCUT2D eigenvalue weighted by atomic mass is 10.0. The molecule has 5 atom stereocenters. The second-order valence-electron chi connectivity index (χ2n) is 14.0. The summed E-state index contributed by atoms with van der Waals surface area (Å²) in [5.41, 5.74) is 5.97. The van der Waals surface area contributed by atoms with E-state index in [0.717, 1.165) is 71.7 Å². The first-order chi connectivity index (χ1) is 25.6. The number of rotatable bonds is 12. The van der Waals surface area contributed by atoms with Crippen molar-refractivity contribution in [1.82, 2.24) is 40.4 Å². The summed E-state index contributed by atoms with van der Waals surface area (Å²) < 4.78 is 15.0. The second-order valence-corrected chi connectivity index (χ2v) is 14.0. The summed E-state index contributed by atoms with van der Waals surface area (Å²) in [5.74, 6) is 1.56. The average Bonchev–Trinajstić information content (AvgIpc) is 4.02. The number of ether oxygens (including phenoxy) is 3. The minimum absolute atomic E-state index is 0.0732. The van der Waals surface area contributed by atoms with E-state index in [1.54, 1.807) is 18.0 Å². The number of hydrogen-bond acceptors (Lipinski definition) is 9. The van der Waals surface area contributed by atoms with Crippen molar-refractivity contribution in [3.05, 3.63) is 72.6 Å². The molecule has 4 heterocycles. The summed E-state index contributed by atoms with van der Waals surface area (Å²) in [5, 5.41) is 5.63. The highest BCUT2D eigenvalue weighted by molar-refractivity contribution is 5.87. The lowest BCUT2D eigenvalue weighted by Gasteiger charge is -2.34. The highest BCUT2D eigenvalue weighted by atomic mass is 16.5. The first-order valence-corrected chi connectivity index (χ1v) is 18.2.